The highest BCUT2D eigenvalue weighted by Crippen LogP contribution is 2.53. The number of amides is 2. The SMILES string of the molecule is CCN1C(=O)C2(/C(=C(/O)c3ccc(C)cc3)C(=O)C(=O)N2CCCN2CCOCC2)c2ccccc21. The first-order valence-corrected chi connectivity index (χ1v) is 12.5. The zero-order chi connectivity index (χ0) is 25.4. The maximum Gasteiger partial charge on any atom is 0.296 e. The zero-order valence-corrected chi connectivity index (χ0v) is 20.7. The van der Waals surface area contributed by atoms with Crippen LogP contribution in [0.15, 0.2) is 54.1 Å². The van der Waals surface area contributed by atoms with Crippen molar-refractivity contribution < 1.29 is 24.2 Å². The largest absolute Gasteiger partial charge is 0.507 e. The molecule has 1 N–H and O–H groups in total. The molecule has 2 aromatic rings. The van der Waals surface area contributed by atoms with Gasteiger partial charge in [0.15, 0.2) is 5.54 Å². The van der Waals surface area contributed by atoms with Crippen LogP contribution >= 0.6 is 0 Å². The van der Waals surface area contributed by atoms with E-state index in [0.717, 1.165) is 18.7 Å². The van der Waals surface area contributed by atoms with Gasteiger partial charge >= 0.3 is 0 Å². The summed E-state index contributed by atoms with van der Waals surface area (Å²) in [4.78, 5) is 46.5. The molecule has 188 valence electrons. The second-order valence-corrected chi connectivity index (χ2v) is 9.46. The molecule has 8 nitrogen and oxygen atoms in total. The van der Waals surface area contributed by atoms with Gasteiger partial charge in [-0.25, -0.2) is 0 Å². The van der Waals surface area contributed by atoms with Crippen LogP contribution in [0.5, 0.6) is 0 Å². The van der Waals surface area contributed by atoms with E-state index in [0.29, 0.717) is 49.5 Å². The highest BCUT2D eigenvalue weighted by atomic mass is 16.5. The molecular weight excluding hydrogens is 458 g/mol. The van der Waals surface area contributed by atoms with E-state index in [1.807, 2.05) is 38.1 Å². The van der Waals surface area contributed by atoms with Gasteiger partial charge in [-0.3, -0.25) is 19.3 Å². The Hall–Kier alpha value is -3.49. The topological polar surface area (TPSA) is 90.4 Å². The number of ketones is 1. The van der Waals surface area contributed by atoms with Gasteiger partial charge in [0.1, 0.15) is 5.76 Å². The van der Waals surface area contributed by atoms with Gasteiger partial charge in [0.25, 0.3) is 17.6 Å². The van der Waals surface area contributed by atoms with Gasteiger partial charge in [-0.2, -0.15) is 0 Å². The van der Waals surface area contributed by atoms with E-state index in [2.05, 4.69) is 4.90 Å². The van der Waals surface area contributed by atoms with Gasteiger partial charge in [-0.15, -0.1) is 0 Å². The van der Waals surface area contributed by atoms with E-state index in [1.54, 1.807) is 29.2 Å². The number of hydrogen-bond acceptors (Lipinski definition) is 6. The van der Waals surface area contributed by atoms with Crippen LogP contribution in [0.4, 0.5) is 5.69 Å². The number of aryl methyl sites for hydroxylation is 1. The number of para-hydroxylation sites is 1. The summed E-state index contributed by atoms with van der Waals surface area (Å²) in [6.07, 6.45) is 0.584. The molecule has 1 unspecified atom stereocenters. The van der Waals surface area contributed by atoms with Crippen LogP contribution in [0.3, 0.4) is 0 Å². The number of rotatable bonds is 6. The van der Waals surface area contributed by atoms with Crippen LogP contribution in [0.2, 0.25) is 0 Å². The van der Waals surface area contributed by atoms with Crippen molar-refractivity contribution >= 4 is 29.0 Å². The molecule has 1 atom stereocenters. The molecule has 1 spiro atoms. The van der Waals surface area contributed by atoms with Gasteiger partial charge in [-0.05, 0) is 26.3 Å². The first-order chi connectivity index (χ1) is 17.4. The third-order valence-electron chi connectivity index (χ3n) is 7.41. The average Bonchev–Trinajstić information content (AvgIpc) is 3.27. The predicted molar refractivity (Wildman–Crippen MR) is 135 cm³/mol. The number of carbonyl (C=O) groups excluding carboxylic acids is 3. The van der Waals surface area contributed by atoms with Crippen LogP contribution < -0.4 is 4.90 Å². The Kier molecular flexibility index (Phi) is 6.40. The van der Waals surface area contributed by atoms with Crippen LogP contribution in [0, 0.1) is 6.92 Å². The van der Waals surface area contributed by atoms with E-state index in [1.165, 1.54) is 4.90 Å². The summed E-state index contributed by atoms with van der Waals surface area (Å²) >= 11 is 0. The Balaban J connectivity index is 1.64. The second kappa shape index (κ2) is 9.52. The fraction of sp³-hybridized carbons (Fsp3) is 0.393. The van der Waals surface area contributed by atoms with E-state index in [9.17, 15) is 19.5 Å². The quantitative estimate of drug-likeness (QED) is 0.381. The molecule has 8 heteroatoms. The standard InChI is InChI=1S/C28H31N3O5/c1-3-30-22-8-5-4-7-21(22)28(27(30)35)23(24(32)20-11-9-19(2)10-12-20)25(33)26(34)31(28)14-6-13-29-15-17-36-18-16-29/h4-5,7-12,32H,3,6,13-18H2,1-2H3/b24-23+. The first kappa shape index (κ1) is 24.2. The number of morpholine rings is 1. The predicted octanol–water partition coefficient (Wildman–Crippen LogP) is 2.66. The molecule has 5 rings (SSSR count). The molecule has 2 amide bonds. The normalized spacial score (nSPS) is 23.7. The van der Waals surface area contributed by atoms with E-state index in [-0.39, 0.29) is 23.8 Å². The van der Waals surface area contributed by atoms with Crippen molar-refractivity contribution in [1.82, 2.24) is 9.80 Å². The Morgan fingerprint density at radius 2 is 1.69 bits per heavy atom. The third-order valence-corrected chi connectivity index (χ3v) is 7.41. The number of benzene rings is 2. The zero-order valence-electron chi connectivity index (χ0n) is 20.7. The highest BCUT2D eigenvalue weighted by molar-refractivity contribution is 6.50. The van der Waals surface area contributed by atoms with E-state index < -0.39 is 17.2 Å². The van der Waals surface area contributed by atoms with Crippen molar-refractivity contribution in [2.75, 3.05) is 50.8 Å². The number of nitrogens with zero attached hydrogens (tertiary/aromatic N) is 3. The first-order valence-electron chi connectivity index (χ1n) is 12.5. The Morgan fingerprint density at radius 3 is 2.39 bits per heavy atom. The number of ether oxygens (including phenoxy) is 1. The van der Waals surface area contributed by atoms with Gasteiger partial charge in [0, 0.05) is 43.9 Å². The lowest BCUT2D eigenvalue weighted by molar-refractivity contribution is -0.143. The molecule has 2 saturated heterocycles. The second-order valence-electron chi connectivity index (χ2n) is 9.46. The molecule has 0 radical (unpaired) electrons. The number of Topliss-reactive ketones (excluding diaryl/α,β-unsaturated/α-hetero) is 1. The summed E-state index contributed by atoms with van der Waals surface area (Å²) in [5.41, 5.74) is 0.740. The fourth-order valence-corrected chi connectivity index (χ4v) is 5.61. The summed E-state index contributed by atoms with van der Waals surface area (Å²) in [5, 5.41) is 11.5. The molecule has 2 fully saturated rings. The van der Waals surface area contributed by atoms with Crippen LogP contribution in [-0.2, 0) is 24.7 Å². The molecule has 3 aliphatic heterocycles. The molecule has 0 aromatic heterocycles. The number of fused-ring (bicyclic) bond motifs is 2. The summed E-state index contributed by atoms with van der Waals surface area (Å²) < 4.78 is 5.42. The minimum absolute atomic E-state index is 0.156. The molecule has 0 aliphatic carbocycles. The number of aliphatic hydroxyl groups is 1. The van der Waals surface area contributed by atoms with Gasteiger partial charge in [-0.1, -0.05) is 48.0 Å². The summed E-state index contributed by atoms with van der Waals surface area (Å²) in [6.45, 7) is 8.03. The lowest BCUT2D eigenvalue weighted by atomic mass is 9.81. The monoisotopic (exact) mass is 489 g/mol. The number of hydrogen-bond donors (Lipinski definition) is 1. The van der Waals surface area contributed by atoms with Crippen LogP contribution in [0.25, 0.3) is 5.76 Å². The average molecular weight is 490 g/mol. The minimum Gasteiger partial charge on any atom is -0.507 e. The molecule has 36 heavy (non-hydrogen) atoms. The Bertz CT molecular complexity index is 1230. The van der Waals surface area contributed by atoms with Crippen LogP contribution in [0.1, 0.15) is 30.0 Å². The van der Waals surface area contributed by atoms with Gasteiger partial charge in [0.2, 0.25) is 0 Å². The molecule has 0 saturated carbocycles. The lowest BCUT2D eigenvalue weighted by Crippen LogP contribution is -2.52. The third kappa shape index (κ3) is 3.63. The lowest BCUT2D eigenvalue weighted by Gasteiger charge is -2.35. The maximum atomic E-state index is 14.2. The number of anilines is 1. The smallest absolute Gasteiger partial charge is 0.296 e. The minimum atomic E-state index is -1.69. The molecular formula is C28H31N3O5. The van der Waals surface area contributed by atoms with Crippen molar-refractivity contribution in [2.24, 2.45) is 0 Å². The van der Waals surface area contributed by atoms with E-state index in [4.69, 9.17) is 4.74 Å². The van der Waals surface area contributed by atoms with E-state index >= 15 is 0 Å². The van der Waals surface area contributed by atoms with Crippen molar-refractivity contribution in [3.05, 3.63) is 70.8 Å². The van der Waals surface area contributed by atoms with Crippen molar-refractivity contribution in [3.63, 3.8) is 0 Å². The van der Waals surface area contributed by atoms with Gasteiger partial charge < -0.3 is 19.6 Å². The number of likely N-dealkylation sites (tertiary alicyclic amines) is 1. The fourth-order valence-electron chi connectivity index (χ4n) is 5.61. The van der Waals surface area contributed by atoms with Crippen molar-refractivity contribution in [1.29, 1.82) is 0 Å². The van der Waals surface area contributed by atoms with Crippen LogP contribution in [-0.4, -0.2) is 78.4 Å². The number of likely N-dealkylation sites (N-methyl/N-ethyl adjacent to an activating group) is 1. The van der Waals surface area contributed by atoms with Gasteiger partial charge in [0.05, 0.1) is 24.5 Å². The summed E-state index contributed by atoms with van der Waals surface area (Å²) in [7, 11) is 0. The summed E-state index contributed by atoms with van der Waals surface area (Å²) in [5.74, 6) is -2.30. The molecule has 3 aliphatic rings. The maximum absolute atomic E-state index is 14.2. The number of aliphatic hydroxyl groups excluding tert-OH is 1. The Labute approximate surface area is 210 Å². The molecule has 2 aromatic carbocycles. The number of carbonyl (C=O) groups is 3. The highest BCUT2D eigenvalue weighted by Gasteiger charge is 2.66. The summed E-state index contributed by atoms with van der Waals surface area (Å²) in [6, 6.07) is 14.3. The molecule has 0 bridgehead atoms. The van der Waals surface area contributed by atoms with Crippen molar-refractivity contribution in [2.45, 2.75) is 25.8 Å². The van der Waals surface area contributed by atoms with Crippen molar-refractivity contribution in [3.8, 4) is 0 Å². The molecule has 3 heterocycles. The Morgan fingerprint density at radius 1 is 1.00 bits per heavy atom.